The monoisotopic (exact) mass is 470 g/mol. The fourth-order valence-electron chi connectivity index (χ4n) is 2.38. The topological polar surface area (TPSA) is 102 Å². The minimum absolute atomic E-state index is 0.0750. The van der Waals surface area contributed by atoms with Gasteiger partial charge in [-0.05, 0) is 35.0 Å². The van der Waals surface area contributed by atoms with E-state index in [4.69, 9.17) is 0 Å². The van der Waals surface area contributed by atoms with E-state index in [-0.39, 0.29) is 16.1 Å². The van der Waals surface area contributed by atoms with E-state index < -0.39 is 23.9 Å². The highest BCUT2D eigenvalue weighted by atomic mass is 79.9. The number of halogens is 4. The van der Waals surface area contributed by atoms with Crippen LogP contribution in [0.3, 0.4) is 0 Å². The Morgan fingerprint density at radius 1 is 1.24 bits per heavy atom. The number of alkyl halides is 3. The highest BCUT2D eigenvalue weighted by Gasteiger charge is 2.33. The number of nitrogens with zero attached hydrogens (tertiary/aromatic N) is 7. The fraction of sp³-hybridized carbons (Fsp3) is 0.250. The minimum Gasteiger partial charge on any atom is -0.328 e. The summed E-state index contributed by atoms with van der Waals surface area (Å²) in [5.74, 6) is 0.659. The lowest BCUT2D eigenvalue weighted by Crippen LogP contribution is -2.39. The van der Waals surface area contributed by atoms with Crippen molar-refractivity contribution < 1.29 is 18.0 Å². The van der Waals surface area contributed by atoms with Crippen molar-refractivity contribution in [3.63, 3.8) is 0 Å². The first-order valence-electron chi connectivity index (χ1n) is 8.12. The van der Waals surface area contributed by atoms with Gasteiger partial charge in [0.1, 0.15) is 12.0 Å². The molecule has 0 aliphatic rings. The molecule has 1 atom stereocenters. The van der Waals surface area contributed by atoms with Gasteiger partial charge in [0.2, 0.25) is 0 Å². The third-order valence-corrected chi connectivity index (χ3v) is 4.47. The molecular weight excluding hydrogens is 457 g/mol. The zero-order valence-electron chi connectivity index (χ0n) is 15.1. The van der Waals surface area contributed by atoms with Crippen LogP contribution < -0.4 is 10.2 Å². The van der Waals surface area contributed by atoms with Gasteiger partial charge in [0.25, 0.3) is 5.95 Å². The molecule has 0 unspecified atom stereocenters. The second-order valence-electron chi connectivity index (χ2n) is 5.83. The minimum atomic E-state index is -4.58. The Labute approximate surface area is 171 Å². The summed E-state index contributed by atoms with van der Waals surface area (Å²) in [4.78, 5) is 29.4. The van der Waals surface area contributed by atoms with E-state index in [0.29, 0.717) is 5.82 Å². The predicted molar refractivity (Wildman–Crippen MR) is 99.2 cm³/mol. The van der Waals surface area contributed by atoms with Gasteiger partial charge in [0, 0.05) is 23.9 Å². The van der Waals surface area contributed by atoms with Gasteiger partial charge in [-0.3, -0.25) is 4.90 Å². The van der Waals surface area contributed by atoms with Crippen molar-refractivity contribution in [2.24, 2.45) is 0 Å². The van der Waals surface area contributed by atoms with Gasteiger partial charge in [-0.1, -0.05) is 0 Å². The van der Waals surface area contributed by atoms with Crippen LogP contribution in [0.1, 0.15) is 24.5 Å². The van der Waals surface area contributed by atoms with E-state index in [0.717, 1.165) is 17.2 Å². The van der Waals surface area contributed by atoms with Crippen LogP contribution >= 0.6 is 15.9 Å². The van der Waals surface area contributed by atoms with Crippen LogP contribution in [-0.2, 0) is 6.18 Å². The number of amides is 2. The number of pyridine rings is 1. The van der Waals surface area contributed by atoms with E-state index in [1.807, 2.05) is 0 Å². The maximum Gasteiger partial charge on any atom is 0.433 e. The molecule has 3 aromatic rings. The Morgan fingerprint density at radius 2 is 1.93 bits per heavy atom. The van der Waals surface area contributed by atoms with Gasteiger partial charge in [0.15, 0.2) is 5.82 Å². The molecule has 29 heavy (non-hydrogen) atoms. The van der Waals surface area contributed by atoms with Gasteiger partial charge in [0.05, 0.1) is 17.9 Å². The van der Waals surface area contributed by atoms with Gasteiger partial charge in [-0.2, -0.15) is 23.0 Å². The van der Waals surface area contributed by atoms with E-state index in [2.05, 4.69) is 46.3 Å². The van der Waals surface area contributed by atoms with Gasteiger partial charge < -0.3 is 5.32 Å². The fourth-order valence-corrected chi connectivity index (χ4v) is 2.97. The Balaban J connectivity index is 1.76. The number of nitrogens with one attached hydrogen (secondary N) is 1. The molecule has 3 heterocycles. The SMILES string of the molecule is C[C@H](NC(=O)N(C)c1cnc(C(F)(F)F)cc1Br)c1ncnn1-c1ncccn1. The van der Waals surface area contributed by atoms with Crippen molar-refractivity contribution in [3.05, 3.63) is 53.0 Å². The van der Waals surface area contributed by atoms with Crippen LogP contribution in [0.2, 0.25) is 0 Å². The second kappa shape index (κ2) is 8.11. The summed E-state index contributed by atoms with van der Waals surface area (Å²) in [6.07, 6.45) is 0.770. The molecule has 9 nitrogen and oxygen atoms in total. The van der Waals surface area contributed by atoms with Crippen LogP contribution in [0.15, 0.2) is 41.5 Å². The normalized spacial score (nSPS) is 12.5. The lowest BCUT2D eigenvalue weighted by Gasteiger charge is -2.22. The Kier molecular flexibility index (Phi) is 5.77. The van der Waals surface area contributed by atoms with Crippen molar-refractivity contribution in [1.29, 1.82) is 0 Å². The van der Waals surface area contributed by atoms with Gasteiger partial charge in [-0.15, -0.1) is 0 Å². The number of hydrogen-bond acceptors (Lipinski definition) is 6. The third kappa shape index (κ3) is 4.50. The number of anilines is 1. The van der Waals surface area contributed by atoms with Crippen LogP contribution in [0.5, 0.6) is 0 Å². The van der Waals surface area contributed by atoms with Crippen molar-refractivity contribution in [2.75, 3.05) is 11.9 Å². The Bertz CT molecular complexity index is 1010. The lowest BCUT2D eigenvalue weighted by molar-refractivity contribution is -0.141. The lowest BCUT2D eigenvalue weighted by atomic mass is 10.3. The van der Waals surface area contributed by atoms with Crippen LogP contribution in [-0.4, -0.2) is 42.8 Å². The zero-order chi connectivity index (χ0) is 21.2. The van der Waals surface area contributed by atoms with Crippen molar-refractivity contribution in [2.45, 2.75) is 19.1 Å². The smallest absolute Gasteiger partial charge is 0.328 e. The van der Waals surface area contributed by atoms with Crippen molar-refractivity contribution in [1.82, 2.24) is 35.0 Å². The summed E-state index contributed by atoms with van der Waals surface area (Å²) < 4.78 is 39.7. The summed E-state index contributed by atoms with van der Waals surface area (Å²) in [6, 6.07) is 1.28. The van der Waals surface area contributed by atoms with E-state index in [9.17, 15) is 18.0 Å². The Hall–Kier alpha value is -3.09. The van der Waals surface area contributed by atoms with E-state index in [1.54, 1.807) is 25.4 Å². The average molecular weight is 471 g/mol. The molecule has 3 aromatic heterocycles. The molecule has 1 N–H and O–H groups in total. The summed E-state index contributed by atoms with van der Waals surface area (Å²) in [5, 5.41) is 6.76. The highest BCUT2D eigenvalue weighted by molar-refractivity contribution is 9.10. The molecule has 13 heteroatoms. The predicted octanol–water partition coefficient (Wildman–Crippen LogP) is 3.14. The molecule has 0 aliphatic heterocycles. The van der Waals surface area contributed by atoms with E-state index >= 15 is 0 Å². The summed E-state index contributed by atoms with van der Waals surface area (Å²) in [7, 11) is 1.40. The highest BCUT2D eigenvalue weighted by Crippen LogP contribution is 2.33. The average Bonchev–Trinajstić information content (AvgIpc) is 3.17. The maximum atomic E-state index is 12.8. The van der Waals surface area contributed by atoms with Gasteiger partial charge >= 0.3 is 12.2 Å². The molecule has 0 spiro atoms. The molecule has 152 valence electrons. The van der Waals surface area contributed by atoms with E-state index in [1.165, 1.54) is 18.1 Å². The zero-order valence-corrected chi connectivity index (χ0v) is 16.7. The Morgan fingerprint density at radius 3 is 2.55 bits per heavy atom. The van der Waals surface area contributed by atoms with Crippen LogP contribution in [0.25, 0.3) is 5.95 Å². The first-order valence-corrected chi connectivity index (χ1v) is 8.92. The number of rotatable bonds is 4. The molecule has 0 saturated heterocycles. The van der Waals surface area contributed by atoms with Gasteiger partial charge in [-0.25, -0.2) is 24.7 Å². The number of carbonyl (C=O) groups is 1. The molecule has 2 amide bonds. The van der Waals surface area contributed by atoms with Crippen molar-refractivity contribution >= 4 is 27.6 Å². The maximum absolute atomic E-state index is 12.8. The molecule has 0 saturated carbocycles. The molecule has 0 aliphatic carbocycles. The van der Waals surface area contributed by atoms with Crippen molar-refractivity contribution in [3.8, 4) is 5.95 Å². The van der Waals surface area contributed by atoms with Crippen LogP contribution in [0, 0.1) is 0 Å². The number of carbonyl (C=O) groups excluding carboxylic acids is 1. The summed E-state index contributed by atoms with van der Waals surface area (Å²) in [6.45, 7) is 1.68. The quantitative estimate of drug-likeness (QED) is 0.628. The summed E-state index contributed by atoms with van der Waals surface area (Å²) >= 11 is 3.05. The first kappa shape index (κ1) is 20.6. The second-order valence-corrected chi connectivity index (χ2v) is 6.68. The number of aromatic nitrogens is 6. The largest absolute Gasteiger partial charge is 0.433 e. The molecule has 0 bridgehead atoms. The van der Waals surface area contributed by atoms with Crippen LogP contribution in [0.4, 0.5) is 23.7 Å². The molecule has 0 radical (unpaired) electrons. The molecule has 0 aromatic carbocycles. The standard InChI is InChI=1S/C16H14BrF3N8O/c1-9(13-24-8-25-28(13)14-21-4-3-5-22-14)26-15(29)27(2)11-7-23-12(6-10(11)17)16(18,19)20/h3-9H,1-2H3,(H,26,29)/t9-/m0/s1. The number of urea groups is 1. The summed E-state index contributed by atoms with van der Waals surface area (Å²) in [5.41, 5.74) is -0.901. The number of hydrogen-bond donors (Lipinski definition) is 1. The first-order chi connectivity index (χ1) is 13.7. The molecule has 3 rings (SSSR count). The molecular formula is C16H14BrF3N8O. The third-order valence-electron chi connectivity index (χ3n) is 3.83. The molecule has 0 fully saturated rings.